The van der Waals surface area contributed by atoms with Crippen LogP contribution in [0, 0.1) is 13.8 Å². The van der Waals surface area contributed by atoms with E-state index in [2.05, 4.69) is 52.0 Å². The molecule has 0 saturated carbocycles. The zero-order chi connectivity index (χ0) is 11.8. The summed E-state index contributed by atoms with van der Waals surface area (Å²) < 4.78 is 0. The predicted octanol–water partition coefficient (Wildman–Crippen LogP) is 3.02. The zero-order valence-corrected chi connectivity index (χ0v) is 12.3. The van der Waals surface area contributed by atoms with Gasteiger partial charge in [0.1, 0.15) is 0 Å². The van der Waals surface area contributed by atoms with Crippen molar-refractivity contribution in [2.75, 3.05) is 0 Å². The van der Waals surface area contributed by atoms with Crippen LogP contribution in [-0.4, -0.2) is 9.52 Å². The number of rotatable bonds is 2. The van der Waals surface area contributed by atoms with Gasteiger partial charge in [0.05, 0.1) is 9.52 Å². The van der Waals surface area contributed by atoms with E-state index in [-0.39, 0.29) is 9.52 Å². The van der Waals surface area contributed by atoms with E-state index in [0.717, 1.165) is 0 Å². The largest absolute Gasteiger partial charge is 0.0853 e. The van der Waals surface area contributed by atoms with Crippen LogP contribution >= 0.6 is 0 Å². The Morgan fingerprint density at radius 2 is 1.94 bits per heavy atom. The van der Waals surface area contributed by atoms with E-state index in [9.17, 15) is 0 Å². The van der Waals surface area contributed by atoms with Gasteiger partial charge in [-0.15, -0.1) is 0 Å². The molecule has 1 aliphatic carbocycles. The van der Waals surface area contributed by atoms with Gasteiger partial charge in [-0.3, -0.25) is 0 Å². The first kappa shape index (κ1) is 11.7. The summed E-state index contributed by atoms with van der Waals surface area (Å²) in [5, 5.41) is 2.20. The lowest BCUT2D eigenvalue weighted by molar-refractivity contribution is 0.690. The molecule has 0 fully saturated rings. The highest BCUT2D eigenvalue weighted by molar-refractivity contribution is 6.58. The smallest absolute Gasteiger partial charge is 0.0658 e. The molecule has 0 heterocycles. The average Bonchev–Trinajstić information content (AvgIpc) is 2.55. The quantitative estimate of drug-likeness (QED) is 0.541. The van der Waals surface area contributed by atoms with Crippen molar-refractivity contribution in [3.8, 4) is 0 Å². The predicted molar refractivity (Wildman–Crippen MR) is 75.5 cm³/mol. The first-order valence-corrected chi connectivity index (χ1v) is 7.67. The van der Waals surface area contributed by atoms with Gasteiger partial charge in [-0.1, -0.05) is 42.0 Å². The first-order valence-electron chi connectivity index (χ1n) is 6.25. The minimum absolute atomic E-state index is 0.197. The first-order chi connectivity index (χ1) is 7.53. The van der Waals surface area contributed by atoms with Crippen LogP contribution in [0.4, 0.5) is 0 Å². The van der Waals surface area contributed by atoms with Crippen LogP contribution in [0.2, 0.25) is 5.04 Å². The summed E-state index contributed by atoms with van der Waals surface area (Å²) in [5.74, 6) is 0. The molecule has 2 rings (SSSR count). The summed E-state index contributed by atoms with van der Waals surface area (Å²) in [6.07, 6.45) is 5.11. The highest BCUT2D eigenvalue weighted by atomic mass is 28.2. The molecule has 1 unspecified atom stereocenters. The van der Waals surface area contributed by atoms with Gasteiger partial charge in [-0.2, -0.15) is 0 Å². The molecule has 0 aliphatic heterocycles. The third-order valence-electron chi connectivity index (χ3n) is 4.40. The number of allylic oxidation sites excluding steroid dienone is 2. The van der Waals surface area contributed by atoms with Crippen molar-refractivity contribution in [3.05, 3.63) is 41.0 Å². The lowest BCUT2D eigenvalue weighted by atomic mass is 10.0. The van der Waals surface area contributed by atoms with E-state index in [0.29, 0.717) is 5.04 Å². The maximum absolute atomic E-state index is 2.47. The minimum atomic E-state index is -0.197. The van der Waals surface area contributed by atoms with Crippen molar-refractivity contribution in [1.29, 1.82) is 0 Å². The molecule has 1 aromatic carbocycles. The van der Waals surface area contributed by atoms with Crippen molar-refractivity contribution in [2.24, 2.45) is 0 Å². The van der Waals surface area contributed by atoms with Gasteiger partial charge in [0.25, 0.3) is 0 Å². The van der Waals surface area contributed by atoms with E-state index in [1.54, 1.807) is 10.8 Å². The zero-order valence-electron chi connectivity index (χ0n) is 10.9. The second-order valence-electron chi connectivity index (χ2n) is 5.52. The molecule has 0 bridgehead atoms. The SMILES string of the molecule is CC1=CCCC1(C)[SiH2]c1cccc(C)c1C. The third-order valence-corrected chi connectivity index (χ3v) is 7.23. The van der Waals surface area contributed by atoms with Gasteiger partial charge in [0, 0.05) is 0 Å². The Labute approximate surface area is 102 Å². The maximum Gasteiger partial charge on any atom is 0.0658 e. The molecule has 0 spiro atoms. The van der Waals surface area contributed by atoms with Gasteiger partial charge in [-0.25, -0.2) is 0 Å². The van der Waals surface area contributed by atoms with Crippen LogP contribution in [0.5, 0.6) is 0 Å². The molecule has 0 radical (unpaired) electrons. The Balaban J connectivity index is 2.28. The van der Waals surface area contributed by atoms with E-state index in [4.69, 9.17) is 0 Å². The summed E-state index contributed by atoms with van der Waals surface area (Å²) in [6, 6.07) is 6.81. The summed E-state index contributed by atoms with van der Waals surface area (Å²) in [7, 11) is -0.197. The molecule has 16 heavy (non-hydrogen) atoms. The van der Waals surface area contributed by atoms with Crippen LogP contribution < -0.4 is 5.19 Å². The van der Waals surface area contributed by atoms with Crippen LogP contribution in [-0.2, 0) is 0 Å². The maximum atomic E-state index is 2.47. The van der Waals surface area contributed by atoms with Crippen molar-refractivity contribution >= 4 is 14.7 Å². The highest BCUT2D eigenvalue weighted by Gasteiger charge is 2.30. The summed E-state index contributed by atoms with van der Waals surface area (Å²) in [4.78, 5) is 0. The Hall–Kier alpha value is -0.823. The van der Waals surface area contributed by atoms with E-state index in [1.165, 1.54) is 24.0 Å². The molecular weight excluding hydrogens is 208 g/mol. The van der Waals surface area contributed by atoms with E-state index < -0.39 is 0 Å². The second-order valence-corrected chi connectivity index (χ2v) is 8.20. The average molecular weight is 230 g/mol. The lowest BCUT2D eigenvalue weighted by Gasteiger charge is -2.27. The molecule has 0 N–H and O–H groups in total. The van der Waals surface area contributed by atoms with Crippen LogP contribution in [0.15, 0.2) is 29.8 Å². The van der Waals surface area contributed by atoms with Gasteiger partial charge in [-0.05, 0) is 49.8 Å². The fourth-order valence-corrected chi connectivity index (χ4v) is 5.15. The van der Waals surface area contributed by atoms with Crippen molar-refractivity contribution in [1.82, 2.24) is 0 Å². The summed E-state index contributed by atoms with van der Waals surface area (Å²) in [6.45, 7) is 9.31. The van der Waals surface area contributed by atoms with Gasteiger partial charge < -0.3 is 0 Å². The van der Waals surface area contributed by atoms with E-state index >= 15 is 0 Å². The third kappa shape index (κ3) is 2.01. The molecule has 0 aromatic heterocycles. The summed E-state index contributed by atoms with van der Waals surface area (Å²) >= 11 is 0. The molecule has 1 aromatic rings. The Morgan fingerprint density at radius 1 is 1.19 bits per heavy atom. The van der Waals surface area contributed by atoms with Gasteiger partial charge in [0.15, 0.2) is 0 Å². The molecule has 0 amide bonds. The monoisotopic (exact) mass is 230 g/mol. The van der Waals surface area contributed by atoms with Gasteiger partial charge in [0.2, 0.25) is 0 Å². The highest BCUT2D eigenvalue weighted by Crippen LogP contribution is 2.44. The minimum Gasteiger partial charge on any atom is -0.0853 e. The van der Waals surface area contributed by atoms with Crippen molar-refractivity contribution in [3.63, 3.8) is 0 Å². The topological polar surface area (TPSA) is 0 Å². The molecule has 0 saturated heterocycles. The Morgan fingerprint density at radius 3 is 2.56 bits per heavy atom. The molecule has 1 aliphatic rings. The Kier molecular flexibility index (Phi) is 3.07. The fourth-order valence-electron chi connectivity index (χ4n) is 2.70. The van der Waals surface area contributed by atoms with Gasteiger partial charge >= 0.3 is 0 Å². The standard InChI is InChI=1S/C15H22Si/c1-11-7-5-9-14(13(11)3)16-15(4)10-6-8-12(15)2/h5,7-9H,6,10,16H2,1-4H3. The molecule has 86 valence electrons. The molecule has 1 heteroatoms. The lowest BCUT2D eigenvalue weighted by Crippen LogP contribution is -2.29. The molecule has 0 nitrogen and oxygen atoms in total. The van der Waals surface area contributed by atoms with E-state index in [1.807, 2.05) is 0 Å². The number of aryl methyl sites for hydroxylation is 1. The summed E-state index contributed by atoms with van der Waals surface area (Å²) in [5.41, 5.74) is 4.63. The number of hydrogen-bond acceptors (Lipinski definition) is 0. The van der Waals surface area contributed by atoms with Crippen molar-refractivity contribution < 1.29 is 0 Å². The number of hydrogen-bond donors (Lipinski definition) is 0. The van der Waals surface area contributed by atoms with Crippen molar-refractivity contribution in [2.45, 2.75) is 45.6 Å². The second kappa shape index (κ2) is 4.21. The van der Waals surface area contributed by atoms with Crippen LogP contribution in [0.25, 0.3) is 0 Å². The van der Waals surface area contributed by atoms with Crippen LogP contribution in [0.3, 0.4) is 0 Å². The molecular formula is C15H22Si. The normalized spacial score (nSPS) is 25.4. The molecule has 1 atom stereocenters. The Bertz CT molecular complexity index is 431. The van der Waals surface area contributed by atoms with Crippen LogP contribution in [0.1, 0.15) is 37.8 Å². The number of benzene rings is 1. The fraction of sp³-hybridized carbons (Fsp3) is 0.467.